The molecule has 1 amide bonds. The molecule has 10 heteroatoms. The first kappa shape index (κ1) is 20.2. The smallest absolute Gasteiger partial charge is 0.416 e. The first-order valence-corrected chi connectivity index (χ1v) is 8.90. The summed E-state index contributed by atoms with van der Waals surface area (Å²) in [6.07, 6.45) is -0.322. The van der Waals surface area contributed by atoms with E-state index in [0.29, 0.717) is 19.3 Å². The van der Waals surface area contributed by atoms with E-state index in [9.17, 15) is 27.9 Å². The molecule has 0 bridgehead atoms. The molecule has 1 atom stereocenters. The van der Waals surface area contributed by atoms with E-state index < -0.39 is 35.1 Å². The number of nitrogens with one attached hydrogen (secondary N) is 2. The number of aromatic nitrogens is 2. The lowest BCUT2D eigenvalue weighted by Gasteiger charge is -2.22. The van der Waals surface area contributed by atoms with Crippen molar-refractivity contribution in [1.29, 1.82) is 0 Å². The number of aryl methyl sites for hydroxylation is 1. The van der Waals surface area contributed by atoms with Gasteiger partial charge in [0.1, 0.15) is 6.04 Å². The Bertz CT molecular complexity index is 880. The second kappa shape index (κ2) is 7.46. The summed E-state index contributed by atoms with van der Waals surface area (Å²) in [5, 5.41) is 18.3. The van der Waals surface area contributed by atoms with Gasteiger partial charge in [-0.1, -0.05) is 11.6 Å². The summed E-state index contributed by atoms with van der Waals surface area (Å²) in [6, 6.07) is 1.66. The van der Waals surface area contributed by atoms with Gasteiger partial charge < -0.3 is 10.4 Å². The van der Waals surface area contributed by atoms with Crippen molar-refractivity contribution in [3.8, 4) is 0 Å². The number of aromatic amines is 1. The zero-order chi connectivity index (χ0) is 20.5. The van der Waals surface area contributed by atoms with E-state index in [1.54, 1.807) is 12.4 Å². The first-order chi connectivity index (χ1) is 13.1. The number of amides is 1. The minimum Gasteiger partial charge on any atom is -0.480 e. The van der Waals surface area contributed by atoms with Gasteiger partial charge in [-0.05, 0) is 55.0 Å². The molecule has 150 valence electrons. The standard InChI is InChI=1S/C18H17ClF3N3O3/c19-13-3-2-11(18(20,21)22)7-12(13)17(5-6-17)16(28)25-14(15(26)27)4-1-10-8-23-24-9-10/h2-3,7-9,14H,1,4-6H2,(H,23,24)(H,25,28)(H,26,27). The summed E-state index contributed by atoms with van der Waals surface area (Å²) in [6.45, 7) is 0. The number of hydrogen-bond acceptors (Lipinski definition) is 3. The molecule has 1 aliphatic rings. The van der Waals surface area contributed by atoms with Crippen LogP contribution >= 0.6 is 11.6 Å². The van der Waals surface area contributed by atoms with Crippen molar-refractivity contribution >= 4 is 23.5 Å². The summed E-state index contributed by atoms with van der Waals surface area (Å²) in [5.74, 6) is -1.85. The van der Waals surface area contributed by atoms with E-state index >= 15 is 0 Å². The number of rotatable bonds is 7. The first-order valence-electron chi connectivity index (χ1n) is 8.52. The number of carbonyl (C=O) groups excluding carboxylic acids is 1. The molecule has 0 radical (unpaired) electrons. The number of H-pyrrole nitrogens is 1. The lowest BCUT2D eigenvalue weighted by Crippen LogP contribution is -2.46. The van der Waals surface area contributed by atoms with Gasteiger partial charge in [-0.2, -0.15) is 18.3 Å². The summed E-state index contributed by atoms with van der Waals surface area (Å²) in [7, 11) is 0. The van der Waals surface area contributed by atoms with Crippen LogP contribution in [-0.2, 0) is 27.6 Å². The third-order valence-electron chi connectivity index (χ3n) is 4.87. The van der Waals surface area contributed by atoms with E-state index in [1.165, 1.54) is 0 Å². The second-order valence-corrected chi connectivity index (χ2v) is 7.19. The Morgan fingerprint density at radius 2 is 2.07 bits per heavy atom. The van der Waals surface area contributed by atoms with Gasteiger partial charge in [0.25, 0.3) is 0 Å². The SMILES string of the molecule is O=C(O)C(CCc1cn[nH]c1)NC(=O)C1(c2cc(C(F)(F)F)ccc2Cl)CC1. The Morgan fingerprint density at radius 1 is 1.36 bits per heavy atom. The highest BCUT2D eigenvalue weighted by molar-refractivity contribution is 6.32. The van der Waals surface area contributed by atoms with Crippen molar-refractivity contribution in [2.45, 2.75) is 43.3 Å². The molecular weight excluding hydrogens is 399 g/mol. The number of nitrogens with zero attached hydrogens (tertiary/aromatic N) is 1. The van der Waals surface area contributed by atoms with Crippen molar-refractivity contribution in [2.24, 2.45) is 0 Å². The van der Waals surface area contributed by atoms with Crippen molar-refractivity contribution in [3.63, 3.8) is 0 Å². The molecule has 1 aromatic carbocycles. The summed E-state index contributed by atoms with van der Waals surface area (Å²) < 4.78 is 39.1. The Kier molecular flexibility index (Phi) is 5.38. The predicted molar refractivity (Wildman–Crippen MR) is 93.8 cm³/mol. The molecule has 1 saturated carbocycles. The lowest BCUT2D eigenvalue weighted by atomic mass is 9.92. The van der Waals surface area contributed by atoms with Crippen molar-refractivity contribution in [2.75, 3.05) is 0 Å². The third kappa shape index (κ3) is 4.14. The van der Waals surface area contributed by atoms with Crippen LogP contribution in [0.1, 0.15) is 36.0 Å². The van der Waals surface area contributed by atoms with E-state index in [4.69, 9.17) is 11.6 Å². The molecule has 0 spiro atoms. The molecular formula is C18H17ClF3N3O3. The van der Waals surface area contributed by atoms with Gasteiger partial charge in [-0.15, -0.1) is 0 Å². The van der Waals surface area contributed by atoms with Crippen LogP contribution < -0.4 is 5.32 Å². The van der Waals surface area contributed by atoms with Crippen LogP contribution in [0, 0.1) is 0 Å². The van der Waals surface area contributed by atoms with Crippen molar-refractivity contribution < 1.29 is 27.9 Å². The van der Waals surface area contributed by atoms with Crippen molar-refractivity contribution in [3.05, 3.63) is 52.3 Å². The topological polar surface area (TPSA) is 95.1 Å². The van der Waals surface area contributed by atoms with Gasteiger partial charge in [-0.3, -0.25) is 9.89 Å². The summed E-state index contributed by atoms with van der Waals surface area (Å²) in [5.41, 5.74) is -1.29. The molecule has 1 aliphatic carbocycles. The number of alkyl halides is 3. The number of carboxylic acids is 1. The molecule has 1 unspecified atom stereocenters. The zero-order valence-electron chi connectivity index (χ0n) is 14.5. The van der Waals surface area contributed by atoms with E-state index in [1.807, 2.05) is 0 Å². The number of benzene rings is 1. The third-order valence-corrected chi connectivity index (χ3v) is 5.20. The molecule has 2 aromatic rings. The van der Waals surface area contributed by atoms with Crippen LogP contribution in [0.15, 0.2) is 30.6 Å². The fraction of sp³-hybridized carbons (Fsp3) is 0.389. The normalized spacial score (nSPS) is 16.4. The molecule has 1 heterocycles. The maximum Gasteiger partial charge on any atom is 0.416 e. The lowest BCUT2D eigenvalue weighted by molar-refractivity contribution is -0.142. The Labute approximate surface area is 163 Å². The molecule has 3 rings (SSSR count). The fourth-order valence-corrected chi connectivity index (χ4v) is 3.39. The minimum atomic E-state index is -4.57. The number of carboxylic acid groups (broad SMARTS) is 1. The highest BCUT2D eigenvalue weighted by Gasteiger charge is 2.53. The summed E-state index contributed by atoms with van der Waals surface area (Å²) >= 11 is 6.07. The second-order valence-electron chi connectivity index (χ2n) is 6.78. The zero-order valence-corrected chi connectivity index (χ0v) is 15.3. The predicted octanol–water partition coefficient (Wildman–Crippen LogP) is 3.32. The molecule has 0 saturated heterocycles. The quantitative estimate of drug-likeness (QED) is 0.646. The average molecular weight is 416 g/mol. The molecule has 0 aliphatic heterocycles. The number of carbonyl (C=O) groups is 2. The van der Waals surface area contributed by atoms with Crippen LogP contribution in [0.3, 0.4) is 0 Å². The van der Waals surface area contributed by atoms with E-state index in [-0.39, 0.29) is 17.0 Å². The minimum absolute atomic E-state index is 0.0472. The van der Waals surface area contributed by atoms with Gasteiger partial charge >= 0.3 is 12.1 Å². The van der Waals surface area contributed by atoms with Gasteiger partial charge in [0.15, 0.2) is 0 Å². The van der Waals surface area contributed by atoms with Crippen LogP contribution in [0.25, 0.3) is 0 Å². The molecule has 1 aromatic heterocycles. The van der Waals surface area contributed by atoms with Crippen LogP contribution in [-0.4, -0.2) is 33.2 Å². The monoisotopic (exact) mass is 415 g/mol. The molecule has 28 heavy (non-hydrogen) atoms. The number of halogens is 4. The molecule has 1 fully saturated rings. The Morgan fingerprint density at radius 3 is 2.61 bits per heavy atom. The summed E-state index contributed by atoms with van der Waals surface area (Å²) in [4.78, 5) is 24.3. The van der Waals surface area contributed by atoms with Crippen molar-refractivity contribution in [1.82, 2.24) is 15.5 Å². The number of hydrogen-bond donors (Lipinski definition) is 3. The fourth-order valence-electron chi connectivity index (χ4n) is 3.09. The highest BCUT2D eigenvalue weighted by atomic mass is 35.5. The Balaban J connectivity index is 1.78. The van der Waals surface area contributed by atoms with Crippen LogP contribution in [0.5, 0.6) is 0 Å². The largest absolute Gasteiger partial charge is 0.480 e. The van der Waals surface area contributed by atoms with Gasteiger partial charge in [0, 0.05) is 11.2 Å². The molecule has 3 N–H and O–H groups in total. The van der Waals surface area contributed by atoms with E-state index in [0.717, 1.165) is 23.8 Å². The average Bonchev–Trinajstić information content (AvgIpc) is 3.26. The molecule has 6 nitrogen and oxygen atoms in total. The van der Waals surface area contributed by atoms with Gasteiger partial charge in [-0.25, -0.2) is 4.79 Å². The van der Waals surface area contributed by atoms with Gasteiger partial charge in [0.05, 0.1) is 17.2 Å². The van der Waals surface area contributed by atoms with Crippen LogP contribution in [0.2, 0.25) is 5.02 Å². The van der Waals surface area contributed by atoms with Crippen LogP contribution in [0.4, 0.5) is 13.2 Å². The maximum atomic E-state index is 13.0. The maximum absolute atomic E-state index is 13.0. The van der Waals surface area contributed by atoms with E-state index in [2.05, 4.69) is 15.5 Å². The Hall–Kier alpha value is -2.55. The number of aliphatic carboxylic acids is 1. The van der Waals surface area contributed by atoms with Gasteiger partial charge in [0.2, 0.25) is 5.91 Å². The highest BCUT2D eigenvalue weighted by Crippen LogP contribution is 2.51.